The standard InChI is InChI=1S/C9H17NO4/c1-2-8(13)10-9-6(12)3-4-14-7(9)5-11/h6-7,9,11-12H,2-5H2,1H3,(H,10,13)/t6-,7+,9-/m1/s1. The molecule has 0 aromatic heterocycles. The van der Waals surface area contributed by atoms with Crippen LogP contribution < -0.4 is 5.32 Å². The first-order valence-corrected chi connectivity index (χ1v) is 4.89. The fraction of sp³-hybridized carbons (Fsp3) is 0.889. The third-order valence-corrected chi connectivity index (χ3v) is 2.39. The van der Waals surface area contributed by atoms with Crippen LogP contribution in [0.5, 0.6) is 0 Å². The highest BCUT2D eigenvalue weighted by Gasteiger charge is 2.33. The zero-order valence-corrected chi connectivity index (χ0v) is 8.27. The Morgan fingerprint density at radius 1 is 1.64 bits per heavy atom. The molecule has 1 fully saturated rings. The molecule has 0 aromatic rings. The van der Waals surface area contributed by atoms with E-state index in [2.05, 4.69) is 5.32 Å². The zero-order chi connectivity index (χ0) is 10.6. The van der Waals surface area contributed by atoms with Crippen LogP contribution in [0.4, 0.5) is 0 Å². The lowest BCUT2D eigenvalue weighted by Crippen LogP contribution is -2.56. The van der Waals surface area contributed by atoms with E-state index in [1.54, 1.807) is 6.92 Å². The van der Waals surface area contributed by atoms with Crippen LogP contribution >= 0.6 is 0 Å². The summed E-state index contributed by atoms with van der Waals surface area (Å²) in [6.45, 7) is 1.97. The molecule has 0 unspecified atom stereocenters. The van der Waals surface area contributed by atoms with Crippen LogP contribution in [0.1, 0.15) is 19.8 Å². The fourth-order valence-electron chi connectivity index (χ4n) is 1.51. The van der Waals surface area contributed by atoms with E-state index < -0.39 is 18.2 Å². The van der Waals surface area contributed by atoms with Crippen LogP contribution in [0, 0.1) is 0 Å². The van der Waals surface area contributed by atoms with Crippen molar-refractivity contribution in [2.24, 2.45) is 0 Å². The van der Waals surface area contributed by atoms with Gasteiger partial charge in [0.25, 0.3) is 0 Å². The van der Waals surface area contributed by atoms with Gasteiger partial charge in [0.15, 0.2) is 0 Å². The van der Waals surface area contributed by atoms with E-state index in [-0.39, 0.29) is 12.5 Å². The van der Waals surface area contributed by atoms with Crippen molar-refractivity contribution >= 4 is 5.91 Å². The predicted octanol–water partition coefficient (Wildman–Crippen LogP) is -0.977. The first-order chi connectivity index (χ1) is 6.69. The van der Waals surface area contributed by atoms with Gasteiger partial charge < -0.3 is 20.3 Å². The van der Waals surface area contributed by atoms with Gasteiger partial charge in [-0.05, 0) is 6.42 Å². The van der Waals surface area contributed by atoms with Crippen molar-refractivity contribution in [1.82, 2.24) is 5.32 Å². The minimum absolute atomic E-state index is 0.141. The van der Waals surface area contributed by atoms with Gasteiger partial charge in [0.1, 0.15) is 6.10 Å². The van der Waals surface area contributed by atoms with Crippen molar-refractivity contribution in [2.45, 2.75) is 38.0 Å². The van der Waals surface area contributed by atoms with Gasteiger partial charge in [-0.25, -0.2) is 0 Å². The molecule has 1 saturated heterocycles. The third kappa shape index (κ3) is 2.67. The van der Waals surface area contributed by atoms with Gasteiger partial charge in [-0.15, -0.1) is 0 Å². The summed E-state index contributed by atoms with van der Waals surface area (Å²) in [4.78, 5) is 11.1. The summed E-state index contributed by atoms with van der Waals surface area (Å²) in [5, 5.41) is 21.2. The Bertz CT molecular complexity index is 197. The number of carbonyl (C=O) groups excluding carboxylic acids is 1. The first kappa shape index (κ1) is 11.4. The number of rotatable bonds is 3. The van der Waals surface area contributed by atoms with Gasteiger partial charge in [-0.1, -0.05) is 6.92 Å². The molecule has 0 bridgehead atoms. The normalized spacial score (nSPS) is 32.6. The molecule has 5 heteroatoms. The van der Waals surface area contributed by atoms with Gasteiger partial charge in [0.2, 0.25) is 5.91 Å². The maximum atomic E-state index is 11.1. The molecule has 3 atom stereocenters. The molecule has 0 radical (unpaired) electrons. The second kappa shape index (κ2) is 5.29. The Hall–Kier alpha value is -0.650. The summed E-state index contributed by atoms with van der Waals surface area (Å²) < 4.78 is 5.23. The first-order valence-electron chi connectivity index (χ1n) is 4.89. The maximum absolute atomic E-state index is 11.1. The van der Waals surface area contributed by atoms with E-state index in [1.807, 2.05) is 0 Å². The summed E-state index contributed by atoms with van der Waals surface area (Å²) in [6, 6.07) is -0.485. The number of aliphatic hydroxyl groups is 2. The van der Waals surface area contributed by atoms with Gasteiger partial charge in [0, 0.05) is 13.0 Å². The SMILES string of the molecule is CCC(=O)N[C@@H]1[C@H](O)CCO[C@H]1CO. The third-order valence-electron chi connectivity index (χ3n) is 2.39. The number of ether oxygens (including phenoxy) is 1. The van der Waals surface area contributed by atoms with E-state index in [0.29, 0.717) is 19.4 Å². The highest BCUT2D eigenvalue weighted by atomic mass is 16.5. The van der Waals surface area contributed by atoms with Crippen LogP contribution in [0.3, 0.4) is 0 Å². The molecular weight excluding hydrogens is 186 g/mol. The number of amides is 1. The lowest BCUT2D eigenvalue weighted by atomic mass is 9.99. The second-order valence-electron chi connectivity index (χ2n) is 3.39. The Labute approximate surface area is 83.1 Å². The van der Waals surface area contributed by atoms with Gasteiger partial charge in [0.05, 0.1) is 18.8 Å². The molecule has 0 spiro atoms. The molecule has 1 aliphatic rings. The summed E-state index contributed by atoms with van der Waals surface area (Å²) in [7, 11) is 0. The van der Waals surface area contributed by atoms with Crippen molar-refractivity contribution < 1.29 is 19.7 Å². The molecule has 1 aliphatic heterocycles. The Balaban J connectivity index is 2.54. The molecule has 5 nitrogen and oxygen atoms in total. The maximum Gasteiger partial charge on any atom is 0.220 e. The topological polar surface area (TPSA) is 78.8 Å². The van der Waals surface area contributed by atoms with Crippen LogP contribution in [-0.4, -0.2) is 47.6 Å². The van der Waals surface area contributed by atoms with Crippen LogP contribution in [0.15, 0.2) is 0 Å². The molecule has 82 valence electrons. The minimum Gasteiger partial charge on any atom is -0.394 e. The average molecular weight is 203 g/mol. The van der Waals surface area contributed by atoms with Gasteiger partial charge in [-0.3, -0.25) is 4.79 Å². The van der Waals surface area contributed by atoms with Crippen molar-refractivity contribution in [3.8, 4) is 0 Å². The summed E-state index contributed by atoms with van der Waals surface area (Å²) in [6.07, 6.45) is -0.266. The molecule has 1 rings (SSSR count). The lowest BCUT2D eigenvalue weighted by molar-refractivity contribution is -0.130. The lowest BCUT2D eigenvalue weighted by Gasteiger charge is -2.34. The molecular formula is C9H17NO4. The van der Waals surface area contributed by atoms with Gasteiger partial charge >= 0.3 is 0 Å². The molecule has 1 amide bonds. The fourth-order valence-corrected chi connectivity index (χ4v) is 1.51. The van der Waals surface area contributed by atoms with Crippen molar-refractivity contribution in [3.63, 3.8) is 0 Å². The van der Waals surface area contributed by atoms with Crippen LogP contribution in [-0.2, 0) is 9.53 Å². The number of hydrogen-bond acceptors (Lipinski definition) is 4. The molecule has 14 heavy (non-hydrogen) atoms. The van der Waals surface area contributed by atoms with E-state index >= 15 is 0 Å². The average Bonchev–Trinajstić information content (AvgIpc) is 2.20. The molecule has 0 aliphatic carbocycles. The quantitative estimate of drug-likeness (QED) is 0.551. The summed E-state index contributed by atoms with van der Waals surface area (Å²) >= 11 is 0. The highest BCUT2D eigenvalue weighted by Crippen LogP contribution is 2.14. The highest BCUT2D eigenvalue weighted by molar-refractivity contribution is 5.76. The largest absolute Gasteiger partial charge is 0.394 e. The van der Waals surface area contributed by atoms with Crippen molar-refractivity contribution in [3.05, 3.63) is 0 Å². The number of carbonyl (C=O) groups is 1. The smallest absolute Gasteiger partial charge is 0.220 e. The van der Waals surface area contributed by atoms with Crippen molar-refractivity contribution in [2.75, 3.05) is 13.2 Å². The zero-order valence-electron chi connectivity index (χ0n) is 8.27. The number of hydrogen-bond donors (Lipinski definition) is 3. The van der Waals surface area contributed by atoms with E-state index in [1.165, 1.54) is 0 Å². The van der Waals surface area contributed by atoms with E-state index in [4.69, 9.17) is 9.84 Å². The predicted molar refractivity (Wildman–Crippen MR) is 49.7 cm³/mol. The minimum atomic E-state index is -0.628. The summed E-state index contributed by atoms with van der Waals surface area (Å²) in [5.74, 6) is -0.141. The van der Waals surface area contributed by atoms with E-state index in [9.17, 15) is 9.90 Å². The van der Waals surface area contributed by atoms with E-state index in [0.717, 1.165) is 0 Å². The number of aliphatic hydroxyl groups excluding tert-OH is 2. The molecule has 1 heterocycles. The Morgan fingerprint density at radius 2 is 2.36 bits per heavy atom. The van der Waals surface area contributed by atoms with Crippen LogP contribution in [0.25, 0.3) is 0 Å². The number of nitrogens with one attached hydrogen (secondary N) is 1. The monoisotopic (exact) mass is 203 g/mol. The Kier molecular flexibility index (Phi) is 4.31. The molecule has 0 saturated carbocycles. The van der Waals surface area contributed by atoms with Crippen LogP contribution in [0.2, 0.25) is 0 Å². The Morgan fingerprint density at radius 3 is 2.93 bits per heavy atom. The van der Waals surface area contributed by atoms with Crippen molar-refractivity contribution in [1.29, 1.82) is 0 Å². The second-order valence-corrected chi connectivity index (χ2v) is 3.39. The summed E-state index contributed by atoms with van der Waals surface area (Å²) in [5.41, 5.74) is 0. The molecule has 3 N–H and O–H groups in total. The molecule has 0 aromatic carbocycles. The van der Waals surface area contributed by atoms with Gasteiger partial charge in [-0.2, -0.15) is 0 Å².